The van der Waals surface area contributed by atoms with Crippen molar-refractivity contribution in [3.8, 4) is 5.69 Å². The number of urea groups is 1. The second-order valence-electron chi connectivity index (χ2n) is 5.81. The van der Waals surface area contributed by atoms with Gasteiger partial charge in [-0.05, 0) is 32.4 Å². The molecular formula is C16H20N4O3. The quantitative estimate of drug-likeness (QED) is 0.763. The van der Waals surface area contributed by atoms with Gasteiger partial charge in [-0.1, -0.05) is 18.2 Å². The molecule has 7 nitrogen and oxygen atoms in total. The number of rotatable bonds is 6. The molecular weight excluding hydrogens is 296 g/mol. The van der Waals surface area contributed by atoms with Crippen LogP contribution in [0.25, 0.3) is 5.69 Å². The molecule has 7 heteroatoms. The van der Waals surface area contributed by atoms with Crippen LogP contribution in [0.1, 0.15) is 26.7 Å². The highest BCUT2D eigenvalue weighted by Crippen LogP contribution is 2.15. The fraction of sp³-hybridized carbons (Fsp3) is 0.312. The van der Waals surface area contributed by atoms with E-state index in [0.29, 0.717) is 12.4 Å². The number of hydrogen-bond donors (Lipinski definition) is 3. The Balaban J connectivity index is 2.02. The van der Waals surface area contributed by atoms with E-state index >= 15 is 0 Å². The molecule has 2 rings (SSSR count). The third kappa shape index (κ3) is 4.84. The molecule has 1 aromatic carbocycles. The lowest BCUT2D eigenvalue weighted by atomic mass is 9.99. The van der Waals surface area contributed by atoms with Gasteiger partial charge in [0.2, 0.25) is 5.95 Å². The molecule has 0 atom stereocenters. The highest BCUT2D eigenvalue weighted by Gasteiger charge is 2.22. The number of imidazole rings is 1. The second-order valence-corrected chi connectivity index (χ2v) is 5.81. The number of aliphatic carboxylic acids is 1. The van der Waals surface area contributed by atoms with Crippen molar-refractivity contribution in [2.75, 3.05) is 5.32 Å². The zero-order valence-electron chi connectivity index (χ0n) is 13.1. The van der Waals surface area contributed by atoms with Crippen molar-refractivity contribution in [3.05, 3.63) is 42.7 Å². The van der Waals surface area contributed by atoms with Crippen molar-refractivity contribution >= 4 is 17.9 Å². The average molecular weight is 316 g/mol. The summed E-state index contributed by atoms with van der Waals surface area (Å²) in [5, 5.41) is 14.2. The molecule has 0 aliphatic carbocycles. The summed E-state index contributed by atoms with van der Waals surface area (Å²) in [7, 11) is 0. The highest BCUT2D eigenvalue weighted by atomic mass is 16.4. The van der Waals surface area contributed by atoms with Gasteiger partial charge in [0.25, 0.3) is 0 Å². The van der Waals surface area contributed by atoms with Gasteiger partial charge in [0, 0.05) is 30.0 Å². The molecule has 0 radical (unpaired) electrons. The lowest BCUT2D eigenvalue weighted by Crippen LogP contribution is -2.46. The Hall–Kier alpha value is -2.83. The number of carbonyl (C=O) groups excluding carboxylic acids is 1. The van der Waals surface area contributed by atoms with Crippen LogP contribution in [-0.4, -0.2) is 32.2 Å². The van der Waals surface area contributed by atoms with E-state index in [0.717, 1.165) is 5.69 Å². The number of carboxylic acid groups (broad SMARTS) is 1. The Morgan fingerprint density at radius 1 is 1.26 bits per heavy atom. The predicted octanol–water partition coefficient (Wildman–Crippen LogP) is 2.64. The number of para-hydroxylation sites is 1. The number of anilines is 1. The molecule has 0 unspecified atom stereocenters. The van der Waals surface area contributed by atoms with Gasteiger partial charge in [0.15, 0.2) is 0 Å². The van der Waals surface area contributed by atoms with Gasteiger partial charge < -0.3 is 10.4 Å². The first kappa shape index (κ1) is 16.5. The van der Waals surface area contributed by atoms with Gasteiger partial charge in [0.05, 0.1) is 0 Å². The lowest BCUT2D eigenvalue weighted by molar-refractivity contribution is -0.137. The predicted molar refractivity (Wildman–Crippen MR) is 86.7 cm³/mol. The number of nitrogens with zero attached hydrogens (tertiary/aromatic N) is 2. The molecule has 0 saturated heterocycles. The summed E-state index contributed by atoms with van der Waals surface area (Å²) >= 11 is 0. The van der Waals surface area contributed by atoms with Gasteiger partial charge in [-0.3, -0.25) is 14.7 Å². The number of nitrogens with one attached hydrogen (secondary N) is 2. The molecule has 0 bridgehead atoms. The second kappa shape index (κ2) is 6.95. The van der Waals surface area contributed by atoms with Crippen molar-refractivity contribution in [1.29, 1.82) is 0 Å². The fourth-order valence-electron chi connectivity index (χ4n) is 2.11. The molecule has 0 fully saturated rings. The topological polar surface area (TPSA) is 96.2 Å². The van der Waals surface area contributed by atoms with Gasteiger partial charge in [0.1, 0.15) is 0 Å². The van der Waals surface area contributed by atoms with E-state index in [1.807, 2.05) is 30.3 Å². The first-order valence-corrected chi connectivity index (χ1v) is 7.27. The smallest absolute Gasteiger partial charge is 0.321 e. The molecule has 2 amide bonds. The number of amides is 2. The third-order valence-corrected chi connectivity index (χ3v) is 3.32. The summed E-state index contributed by atoms with van der Waals surface area (Å²) in [6.45, 7) is 3.55. The average Bonchev–Trinajstić information content (AvgIpc) is 2.93. The van der Waals surface area contributed by atoms with Crippen LogP contribution in [0.2, 0.25) is 0 Å². The van der Waals surface area contributed by atoms with Gasteiger partial charge in [-0.2, -0.15) is 0 Å². The molecule has 0 spiro atoms. The van der Waals surface area contributed by atoms with Gasteiger partial charge in [-0.25, -0.2) is 9.78 Å². The zero-order valence-corrected chi connectivity index (χ0v) is 13.1. The third-order valence-electron chi connectivity index (χ3n) is 3.32. The van der Waals surface area contributed by atoms with Crippen LogP contribution in [-0.2, 0) is 4.79 Å². The molecule has 1 heterocycles. The normalized spacial score (nSPS) is 11.0. The SMILES string of the molecule is CC(C)(CCC(=O)O)NC(=O)Nc1nccn1-c1ccccc1. The number of carboxylic acids is 1. The van der Waals surface area contributed by atoms with Crippen LogP contribution in [0.15, 0.2) is 42.7 Å². The zero-order chi connectivity index (χ0) is 16.9. The first-order chi connectivity index (χ1) is 10.9. The van der Waals surface area contributed by atoms with Gasteiger partial charge >= 0.3 is 12.0 Å². The van der Waals surface area contributed by atoms with Crippen LogP contribution in [0.4, 0.5) is 10.7 Å². The highest BCUT2D eigenvalue weighted by molar-refractivity contribution is 5.88. The van der Waals surface area contributed by atoms with E-state index < -0.39 is 17.5 Å². The van der Waals surface area contributed by atoms with Crippen LogP contribution >= 0.6 is 0 Å². The minimum absolute atomic E-state index is 0.00801. The maximum Gasteiger partial charge on any atom is 0.321 e. The monoisotopic (exact) mass is 316 g/mol. The van der Waals surface area contributed by atoms with E-state index in [1.165, 1.54) is 0 Å². The number of carbonyl (C=O) groups is 2. The number of aromatic nitrogens is 2. The summed E-state index contributed by atoms with van der Waals surface area (Å²) in [4.78, 5) is 26.9. The molecule has 1 aromatic heterocycles. The van der Waals surface area contributed by atoms with Crippen molar-refractivity contribution in [2.24, 2.45) is 0 Å². The Bertz CT molecular complexity index is 680. The minimum Gasteiger partial charge on any atom is -0.481 e. The molecule has 0 aliphatic rings. The summed E-state index contributed by atoms with van der Waals surface area (Å²) < 4.78 is 1.75. The Labute approximate surface area is 134 Å². The maximum atomic E-state index is 12.1. The molecule has 0 aliphatic heterocycles. The van der Waals surface area contributed by atoms with Crippen LogP contribution in [0.5, 0.6) is 0 Å². The van der Waals surface area contributed by atoms with Crippen molar-refractivity contribution < 1.29 is 14.7 Å². The van der Waals surface area contributed by atoms with E-state index in [1.54, 1.807) is 30.8 Å². The Kier molecular flexibility index (Phi) is 5.00. The molecule has 122 valence electrons. The largest absolute Gasteiger partial charge is 0.481 e. The Morgan fingerprint density at radius 2 is 1.96 bits per heavy atom. The van der Waals surface area contributed by atoms with Crippen molar-refractivity contribution in [2.45, 2.75) is 32.2 Å². The standard InChI is InChI=1S/C16H20N4O3/c1-16(2,9-8-13(21)22)19-15(23)18-14-17-10-11-20(14)12-6-4-3-5-7-12/h3-7,10-11H,8-9H2,1-2H3,(H,21,22)(H2,17,18,19,23). The summed E-state index contributed by atoms with van der Waals surface area (Å²) in [5.41, 5.74) is 0.248. The Morgan fingerprint density at radius 3 is 2.61 bits per heavy atom. The van der Waals surface area contributed by atoms with Crippen LogP contribution in [0.3, 0.4) is 0 Å². The number of hydrogen-bond acceptors (Lipinski definition) is 3. The van der Waals surface area contributed by atoms with Crippen LogP contribution in [0, 0.1) is 0 Å². The van der Waals surface area contributed by atoms with Crippen LogP contribution < -0.4 is 10.6 Å². The van der Waals surface area contributed by atoms with E-state index in [-0.39, 0.29) is 6.42 Å². The summed E-state index contributed by atoms with van der Waals surface area (Å²) in [6, 6.07) is 9.08. The van der Waals surface area contributed by atoms with Crippen molar-refractivity contribution in [3.63, 3.8) is 0 Å². The number of benzene rings is 1. The molecule has 23 heavy (non-hydrogen) atoms. The first-order valence-electron chi connectivity index (χ1n) is 7.27. The van der Waals surface area contributed by atoms with Gasteiger partial charge in [-0.15, -0.1) is 0 Å². The minimum atomic E-state index is -0.889. The summed E-state index contributed by atoms with van der Waals surface area (Å²) in [6.07, 6.45) is 3.67. The van der Waals surface area contributed by atoms with Crippen molar-refractivity contribution in [1.82, 2.24) is 14.9 Å². The molecule has 3 N–H and O–H groups in total. The maximum absolute atomic E-state index is 12.1. The van der Waals surface area contributed by atoms with E-state index in [9.17, 15) is 9.59 Å². The molecule has 2 aromatic rings. The summed E-state index contributed by atoms with van der Waals surface area (Å²) in [5.74, 6) is -0.498. The lowest BCUT2D eigenvalue weighted by Gasteiger charge is -2.25. The fourth-order valence-corrected chi connectivity index (χ4v) is 2.11. The van der Waals surface area contributed by atoms with E-state index in [2.05, 4.69) is 15.6 Å². The van der Waals surface area contributed by atoms with E-state index in [4.69, 9.17) is 5.11 Å². The molecule has 0 saturated carbocycles.